The van der Waals surface area contributed by atoms with Gasteiger partial charge in [-0.05, 0) is 48.0 Å². The van der Waals surface area contributed by atoms with Gasteiger partial charge in [-0.3, -0.25) is 9.69 Å². The molecule has 1 atom stereocenters. The maximum Gasteiger partial charge on any atom is 0.323 e. The number of nitrogens with zero attached hydrogens (tertiary/aromatic N) is 2. The average molecular weight is 468 g/mol. The monoisotopic (exact) mass is 467 g/mol. The van der Waals surface area contributed by atoms with Crippen molar-refractivity contribution in [1.29, 1.82) is 0 Å². The van der Waals surface area contributed by atoms with Crippen molar-refractivity contribution in [2.45, 2.75) is 11.4 Å². The molecule has 0 saturated carbocycles. The van der Waals surface area contributed by atoms with Crippen molar-refractivity contribution in [3.63, 3.8) is 0 Å². The first-order valence-electron chi connectivity index (χ1n) is 10.1. The van der Waals surface area contributed by atoms with E-state index in [4.69, 9.17) is 11.6 Å². The SMILES string of the molecule is O=C(Nc1ccc(Cl)cc1)N1CCSC12C(=O)N(Cc1cccc(F)c1)c1ccccc12. The molecule has 1 spiro atoms. The smallest absolute Gasteiger partial charge is 0.308 e. The van der Waals surface area contributed by atoms with Crippen molar-refractivity contribution in [1.82, 2.24) is 4.90 Å². The summed E-state index contributed by atoms with van der Waals surface area (Å²) in [4.78, 5) is 29.2. The third kappa shape index (κ3) is 3.42. The van der Waals surface area contributed by atoms with Crippen LogP contribution in [0.2, 0.25) is 5.02 Å². The maximum atomic E-state index is 13.9. The van der Waals surface area contributed by atoms with E-state index in [0.717, 1.165) is 11.3 Å². The molecular weight excluding hydrogens is 449 g/mol. The molecule has 8 heteroatoms. The van der Waals surface area contributed by atoms with Crippen LogP contribution in [0.15, 0.2) is 72.8 Å². The van der Waals surface area contributed by atoms with Crippen LogP contribution in [-0.2, 0) is 16.2 Å². The molecule has 2 aliphatic heterocycles. The number of thioether (sulfide) groups is 1. The van der Waals surface area contributed by atoms with Crippen molar-refractivity contribution >= 4 is 46.7 Å². The van der Waals surface area contributed by atoms with Crippen LogP contribution in [0.5, 0.6) is 0 Å². The lowest BCUT2D eigenvalue weighted by Gasteiger charge is -2.33. The number of amides is 3. The summed E-state index contributed by atoms with van der Waals surface area (Å²) in [6, 6.07) is 20.2. The summed E-state index contributed by atoms with van der Waals surface area (Å²) < 4.78 is 13.8. The van der Waals surface area contributed by atoms with Crippen LogP contribution in [-0.4, -0.2) is 29.1 Å². The summed E-state index contributed by atoms with van der Waals surface area (Å²) in [7, 11) is 0. The zero-order chi connectivity index (χ0) is 22.3. The van der Waals surface area contributed by atoms with Crippen LogP contribution >= 0.6 is 23.4 Å². The van der Waals surface area contributed by atoms with Crippen LogP contribution in [0.25, 0.3) is 0 Å². The Hall–Kier alpha value is -3.03. The van der Waals surface area contributed by atoms with Gasteiger partial charge in [-0.2, -0.15) is 0 Å². The normalized spacial score (nSPS) is 19.5. The summed E-state index contributed by atoms with van der Waals surface area (Å²) in [5.74, 6) is 0.0788. The molecule has 1 N–H and O–H groups in total. The largest absolute Gasteiger partial charge is 0.323 e. The number of para-hydroxylation sites is 1. The predicted octanol–water partition coefficient (Wildman–Crippen LogP) is 5.46. The highest BCUT2D eigenvalue weighted by Crippen LogP contribution is 2.54. The van der Waals surface area contributed by atoms with E-state index in [1.807, 2.05) is 24.3 Å². The van der Waals surface area contributed by atoms with E-state index in [2.05, 4.69) is 5.32 Å². The summed E-state index contributed by atoms with van der Waals surface area (Å²) in [5, 5.41) is 3.45. The number of urea groups is 1. The molecule has 0 aromatic heterocycles. The fourth-order valence-corrected chi connectivity index (χ4v) is 5.85. The second kappa shape index (κ2) is 8.15. The van der Waals surface area contributed by atoms with E-state index in [0.29, 0.717) is 28.6 Å². The molecule has 1 unspecified atom stereocenters. The maximum absolute atomic E-state index is 13.9. The van der Waals surface area contributed by atoms with Gasteiger partial charge in [0.25, 0.3) is 5.91 Å². The van der Waals surface area contributed by atoms with Gasteiger partial charge in [-0.25, -0.2) is 9.18 Å². The Labute approximate surface area is 194 Å². The Balaban J connectivity index is 1.50. The molecule has 5 nitrogen and oxygen atoms in total. The summed E-state index contributed by atoms with van der Waals surface area (Å²) in [5.41, 5.74) is 2.79. The second-order valence-corrected chi connectivity index (χ2v) is 9.34. The van der Waals surface area contributed by atoms with Gasteiger partial charge in [0.05, 0.1) is 12.2 Å². The molecule has 1 fully saturated rings. The number of rotatable bonds is 3. The molecule has 32 heavy (non-hydrogen) atoms. The standard InChI is InChI=1S/C24H19ClFN3O2S/c25-17-8-10-19(11-9-17)27-23(31)29-12-13-32-24(29)20-6-1-2-7-21(20)28(22(24)30)15-16-4-3-5-18(26)14-16/h1-11,14H,12-13,15H2,(H,27,31). The molecule has 5 rings (SSSR count). The molecule has 2 aliphatic rings. The van der Waals surface area contributed by atoms with Crippen LogP contribution in [0, 0.1) is 5.82 Å². The lowest BCUT2D eigenvalue weighted by Crippen LogP contribution is -2.51. The molecule has 0 bridgehead atoms. The van der Waals surface area contributed by atoms with Gasteiger partial charge in [0, 0.05) is 28.6 Å². The molecule has 0 radical (unpaired) electrons. The topological polar surface area (TPSA) is 52.7 Å². The van der Waals surface area contributed by atoms with Crippen LogP contribution in [0.1, 0.15) is 11.1 Å². The average Bonchev–Trinajstić information content (AvgIpc) is 3.33. The van der Waals surface area contributed by atoms with Crippen molar-refractivity contribution in [3.8, 4) is 0 Å². The number of fused-ring (bicyclic) bond motifs is 2. The Morgan fingerprint density at radius 3 is 2.66 bits per heavy atom. The molecule has 1 saturated heterocycles. The van der Waals surface area contributed by atoms with Crippen LogP contribution < -0.4 is 10.2 Å². The fourth-order valence-electron chi connectivity index (χ4n) is 4.27. The number of benzene rings is 3. The first-order valence-corrected chi connectivity index (χ1v) is 11.5. The van der Waals surface area contributed by atoms with Gasteiger partial charge >= 0.3 is 6.03 Å². The highest BCUT2D eigenvalue weighted by atomic mass is 35.5. The molecule has 3 aromatic carbocycles. The van der Waals surface area contributed by atoms with Gasteiger partial charge in [0.1, 0.15) is 5.82 Å². The van der Waals surface area contributed by atoms with Crippen molar-refractivity contribution < 1.29 is 14.0 Å². The zero-order valence-electron chi connectivity index (χ0n) is 16.9. The highest BCUT2D eigenvalue weighted by Gasteiger charge is 2.59. The Bertz CT molecular complexity index is 1210. The van der Waals surface area contributed by atoms with Crippen LogP contribution in [0.4, 0.5) is 20.6 Å². The molecule has 2 heterocycles. The molecular formula is C24H19ClFN3O2S. The number of hydrogen-bond acceptors (Lipinski definition) is 3. The van der Waals surface area contributed by atoms with E-state index in [1.165, 1.54) is 23.9 Å². The van der Waals surface area contributed by atoms with Gasteiger partial charge in [-0.1, -0.05) is 41.9 Å². The predicted molar refractivity (Wildman–Crippen MR) is 125 cm³/mol. The molecule has 3 aromatic rings. The van der Waals surface area contributed by atoms with E-state index >= 15 is 0 Å². The van der Waals surface area contributed by atoms with Crippen molar-refractivity contribution in [2.24, 2.45) is 0 Å². The Kier molecular flexibility index (Phi) is 5.31. The first kappa shape index (κ1) is 20.8. The minimum atomic E-state index is -1.15. The van der Waals surface area contributed by atoms with Crippen LogP contribution in [0.3, 0.4) is 0 Å². The molecule has 0 aliphatic carbocycles. The van der Waals surface area contributed by atoms with Gasteiger partial charge in [-0.15, -0.1) is 11.8 Å². The van der Waals surface area contributed by atoms with E-state index in [-0.39, 0.29) is 24.3 Å². The second-order valence-electron chi connectivity index (χ2n) is 7.62. The van der Waals surface area contributed by atoms with E-state index < -0.39 is 4.87 Å². The number of nitrogens with one attached hydrogen (secondary N) is 1. The van der Waals surface area contributed by atoms with Gasteiger partial charge < -0.3 is 10.2 Å². The molecule has 162 valence electrons. The first-order chi connectivity index (χ1) is 15.5. The third-order valence-corrected chi connectivity index (χ3v) is 7.34. The summed E-state index contributed by atoms with van der Waals surface area (Å²) in [6.45, 7) is 0.653. The van der Waals surface area contributed by atoms with Gasteiger partial charge in [0.2, 0.25) is 0 Å². The minimum Gasteiger partial charge on any atom is -0.308 e. The van der Waals surface area contributed by atoms with Crippen molar-refractivity contribution in [2.75, 3.05) is 22.5 Å². The highest BCUT2D eigenvalue weighted by molar-refractivity contribution is 8.01. The minimum absolute atomic E-state index is 0.197. The Morgan fingerprint density at radius 1 is 1.09 bits per heavy atom. The third-order valence-electron chi connectivity index (χ3n) is 5.67. The number of carbonyl (C=O) groups excluding carboxylic acids is 2. The van der Waals surface area contributed by atoms with E-state index in [9.17, 15) is 14.0 Å². The number of halogens is 2. The summed E-state index contributed by atoms with van der Waals surface area (Å²) in [6.07, 6.45) is 0. The lowest BCUT2D eigenvalue weighted by atomic mass is 10.1. The van der Waals surface area contributed by atoms with E-state index in [1.54, 1.807) is 46.2 Å². The number of hydrogen-bond donors (Lipinski definition) is 1. The zero-order valence-corrected chi connectivity index (χ0v) is 18.5. The Morgan fingerprint density at radius 2 is 1.88 bits per heavy atom. The fraction of sp³-hybridized carbons (Fsp3) is 0.167. The summed E-state index contributed by atoms with van der Waals surface area (Å²) >= 11 is 7.39. The number of anilines is 2. The van der Waals surface area contributed by atoms with Crippen molar-refractivity contribution in [3.05, 3.63) is 94.8 Å². The molecule has 3 amide bonds. The quantitative estimate of drug-likeness (QED) is 0.556. The number of carbonyl (C=O) groups is 2. The lowest BCUT2D eigenvalue weighted by molar-refractivity contribution is -0.123. The van der Waals surface area contributed by atoms with Gasteiger partial charge in [0.15, 0.2) is 4.87 Å².